The van der Waals surface area contributed by atoms with Gasteiger partial charge in [-0.25, -0.2) is 0 Å². The van der Waals surface area contributed by atoms with Crippen molar-refractivity contribution in [2.45, 2.75) is 173 Å². The molecule has 47 heavy (non-hydrogen) atoms. The molecule has 9 heteroatoms. The molecule has 0 spiro atoms. The Hall–Kier alpha value is -1.59. The van der Waals surface area contributed by atoms with Crippen LogP contribution in [-0.2, 0) is 23.7 Å². The van der Waals surface area contributed by atoms with Crippen molar-refractivity contribution >= 4 is 5.97 Å². The zero-order valence-electron chi connectivity index (χ0n) is 29.5. The minimum absolute atomic E-state index is 0.122. The van der Waals surface area contributed by atoms with Crippen LogP contribution in [0.4, 0.5) is 0 Å². The monoisotopic (exact) mass is 668 g/mol. The van der Waals surface area contributed by atoms with Crippen LogP contribution in [0.1, 0.15) is 136 Å². The minimum Gasteiger partial charge on any atom is -0.457 e. The molecule has 0 amide bonds. The lowest BCUT2D eigenvalue weighted by molar-refractivity contribution is -0.305. The van der Waals surface area contributed by atoms with Gasteiger partial charge in [0.15, 0.2) is 6.29 Å². The van der Waals surface area contributed by atoms with E-state index in [0.29, 0.717) is 13.0 Å². The topological polar surface area (TPSA) is 135 Å². The van der Waals surface area contributed by atoms with Crippen molar-refractivity contribution in [3.8, 4) is 0 Å². The number of rotatable bonds is 30. The number of allylic oxidation sites excluding steroid dienone is 6. The minimum atomic E-state index is -1.53. The van der Waals surface area contributed by atoms with Gasteiger partial charge in [-0.2, -0.15) is 0 Å². The molecule has 0 radical (unpaired) electrons. The van der Waals surface area contributed by atoms with Crippen LogP contribution in [0.2, 0.25) is 0 Å². The average molecular weight is 669 g/mol. The fourth-order valence-corrected chi connectivity index (χ4v) is 5.30. The second-order valence-electron chi connectivity index (χ2n) is 12.7. The second-order valence-corrected chi connectivity index (χ2v) is 12.7. The van der Waals surface area contributed by atoms with Gasteiger partial charge in [0, 0.05) is 13.0 Å². The fraction of sp³-hybridized carbons (Fsp3) is 0.816. The third kappa shape index (κ3) is 22.6. The van der Waals surface area contributed by atoms with Gasteiger partial charge in [-0.15, -0.1) is 0 Å². The van der Waals surface area contributed by atoms with Crippen LogP contribution >= 0.6 is 0 Å². The summed E-state index contributed by atoms with van der Waals surface area (Å²) in [6, 6.07) is 0. The van der Waals surface area contributed by atoms with E-state index in [2.05, 4.69) is 43.4 Å². The number of carbonyl (C=O) groups is 1. The van der Waals surface area contributed by atoms with Crippen LogP contribution in [0.3, 0.4) is 0 Å². The molecule has 1 fully saturated rings. The van der Waals surface area contributed by atoms with E-state index in [4.69, 9.17) is 18.9 Å². The first-order valence-electron chi connectivity index (χ1n) is 18.6. The van der Waals surface area contributed by atoms with Gasteiger partial charge >= 0.3 is 5.97 Å². The maximum absolute atomic E-state index is 12.2. The van der Waals surface area contributed by atoms with Crippen molar-refractivity contribution in [3.05, 3.63) is 36.5 Å². The highest BCUT2D eigenvalue weighted by atomic mass is 16.7. The van der Waals surface area contributed by atoms with Crippen molar-refractivity contribution in [3.63, 3.8) is 0 Å². The summed E-state index contributed by atoms with van der Waals surface area (Å²) in [7, 11) is 0. The molecule has 1 heterocycles. The largest absolute Gasteiger partial charge is 0.457 e. The SMILES string of the molecule is CCCCCCC/C=C\C/C=C\C/C=C\CCCCCCCCCOCC(COC1OC(CO)C(O)C(O)C1O)OC(=O)CCCC. The summed E-state index contributed by atoms with van der Waals surface area (Å²) in [5.41, 5.74) is 0. The number of hydrogen-bond acceptors (Lipinski definition) is 9. The molecule has 9 nitrogen and oxygen atoms in total. The Balaban J connectivity index is 2.11. The van der Waals surface area contributed by atoms with Gasteiger partial charge in [0.1, 0.15) is 30.5 Å². The highest BCUT2D eigenvalue weighted by molar-refractivity contribution is 5.69. The normalized spacial score (nSPS) is 22.6. The lowest BCUT2D eigenvalue weighted by Crippen LogP contribution is -2.59. The van der Waals surface area contributed by atoms with Crippen molar-refractivity contribution in [1.29, 1.82) is 0 Å². The van der Waals surface area contributed by atoms with Gasteiger partial charge in [-0.3, -0.25) is 4.79 Å². The summed E-state index contributed by atoms with van der Waals surface area (Å²) in [5.74, 6) is -0.354. The van der Waals surface area contributed by atoms with E-state index < -0.39 is 43.4 Å². The molecule has 0 aromatic carbocycles. The molecule has 1 aliphatic rings. The smallest absolute Gasteiger partial charge is 0.306 e. The van der Waals surface area contributed by atoms with E-state index in [9.17, 15) is 25.2 Å². The van der Waals surface area contributed by atoms with Gasteiger partial charge in [0.05, 0.1) is 19.8 Å². The maximum atomic E-state index is 12.2. The highest BCUT2D eigenvalue weighted by Crippen LogP contribution is 2.22. The van der Waals surface area contributed by atoms with E-state index in [1.807, 2.05) is 6.92 Å². The summed E-state index contributed by atoms with van der Waals surface area (Å²) >= 11 is 0. The molecule has 1 aliphatic heterocycles. The number of aliphatic hydroxyl groups excluding tert-OH is 4. The lowest BCUT2D eigenvalue weighted by atomic mass is 9.99. The fourth-order valence-electron chi connectivity index (χ4n) is 5.30. The molecule has 274 valence electrons. The molecule has 1 saturated heterocycles. The Kier molecular flexibility index (Phi) is 28.2. The maximum Gasteiger partial charge on any atom is 0.306 e. The zero-order chi connectivity index (χ0) is 34.4. The van der Waals surface area contributed by atoms with Gasteiger partial charge in [0.25, 0.3) is 0 Å². The lowest BCUT2D eigenvalue weighted by Gasteiger charge is -2.39. The van der Waals surface area contributed by atoms with Crippen molar-refractivity contribution in [1.82, 2.24) is 0 Å². The average Bonchev–Trinajstić information content (AvgIpc) is 3.07. The standard InChI is InChI=1S/C38H68O9/c1-3-5-7-8-9-10-11-12-13-14-15-16-17-18-19-20-21-22-23-24-25-26-28-44-30-32(46-34(40)27-6-4-2)31-45-38-37(43)36(42)35(41)33(29-39)47-38/h11-12,14-15,17-18,32-33,35-39,41-43H,3-10,13,16,19-31H2,1-2H3/b12-11-,15-14-,18-17-. The van der Waals surface area contributed by atoms with Gasteiger partial charge < -0.3 is 39.4 Å². The molecule has 1 rings (SSSR count). The Morgan fingerprint density at radius 2 is 1.23 bits per heavy atom. The van der Waals surface area contributed by atoms with E-state index in [0.717, 1.165) is 44.9 Å². The predicted octanol–water partition coefficient (Wildman–Crippen LogP) is 6.85. The number of carbonyl (C=O) groups excluding carboxylic acids is 1. The zero-order valence-corrected chi connectivity index (χ0v) is 29.5. The van der Waals surface area contributed by atoms with Crippen LogP contribution in [0.5, 0.6) is 0 Å². The van der Waals surface area contributed by atoms with E-state index >= 15 is 0 Å². The van der Waals surface area contributed by atoms with Crippen LogP contribution in [0.25, 0.3) is 0 Å². The Bertz CT molecular complexity index is 813. The van der Waals surface area contributed by atoms with Gasteiger partial charge in [-0.05, 0) is 51.4 Å². The number of unbranched alkanes of at least 4 members (excludes halogenated alkanes) is 13. The molecule has 6 atom stereocenters. The number of aliphatic hydroxyl groups is 4. The Morgan fingerprint density at radius 3 is 1.83 bits per heavy atom. The van der Waals surface area contributed by atoms with Crippen molar-refractivity contribution in [2.75, 3.05) is 26.4 Å². The first kappa shape index (κ1) is 43.4. The Labute approximate surface area is 285 Å². The molecule has 0 saturated carbocycles. The molecule has 4 N–H and O–H groups in total. The van der Waals surface area contributed by atoms with Crippen LogP contribution < -0.4 is 0 Å². The highest BCUT2D eigenvalue weighted by Gasteiger charge is 2.44. The third-order valence-electron chi connectivity index (χ3n) is 8.31. The second kappa shape index (κ2) is 30.5. The first-order chi connectivity index (χ1) is 22.9. The summed E-state index contributed by atoms with van der Waals surface area (Å²) in [6.07, 6.45) is 27.2. The number of esters is 1. The molecular weight excluding hydrogens is 600 g/mol. The summed E-state index contributed by atoms with van der Waals surface area (Å²) in [6.45, 7) is 4.25. The van der Waals surface area contributed by atoms with Crippen LogP contribution in [0, 0.1) is 0 Å². The molecule has 6 unspecified atom stereocenters. The molecule has 0 aliphatic carbocycles. The summed E-state index contributed by atoms with van der Waals surface area (Å²) in [4.78, 5) is 12.2. The summed E-state index contributed by atoms with van der Waals surface area (Å²) < 4.78 is 22.3. The van der Waals surface area contributed by atoms with Gasteiger partial charge in [0.2, 0.25) is 0 Å². The van der Waals surface area contributed by atoms with Crippen molar-refractivity contribution < 1.29 is 44.2 Å². The predicted molar refractivity (Wildman–Crippen MR) is 187 cm³/mol. The van der Waals surface area contributed by atoms with Crippen LogP contribution in [0.15, 0.2) is 36.5 Å². The molecule has 0 aromatic heterocycles. The Morgan fingerprint density at radius 1 is 0.681 bits per heavy atom. The summed E-state index contributed by atoms with van der Waals surface area (Å²) in [5, 5.41) is 39.5. The molecule has 0 aromatic rings. The van der Waals surface area contributed by atoms with Crippen molar-refractivity contribution in [2.24, 2.45) is 0 Å². The third-order valence-corrected chi connectivity index (χ3v) is 8.31. The number of hydrogen-bond donors (Lipinski definition) is 4. The van der Waals surface area contributed by atoms with Gasteiger partial charge in [-0.1, -0.05) is 115 Å². The van der Waals surface area contributed by atoms with Crippen LogP contribution in [-0.4, -0.2) is 89.6 Å². The number of ether oxygens (including phenoxy) is 4. The first-order valence-corrected chi connectivity index (χ1v) is 18.6. The quantitative estimate of drug-likeness (QED) is 0.0368. The molecular formula is C38H68O9. The van der Waals surface area contributed by atoms with E-state index in [1.165, 1.54) is 64.2 Å². The van der Waals surface area contributed by atoms with E-state index in [1.54, 1.807) is 0 Å². The molecule has 0 bridgehead atoms. The van der Waals surface area contributed by atoms with E-state index in [-0.39, 0.29) is 25.6 Å².